The Morgan fingerprint density at radius 1 is 1.40 bits per heavy atom. The summed E-state index contributed by atoms with van der Waals surface area (Å²) in [5.74, 6) is 0.652. The summed E-state index contributed by atoms with van der Waals surface area (Å²) in [6.07, 6.45) is 2.32. The minimum atomic E-state index is -0.132. The summed E-state index contributed by atoms with van der Waals surface area (Å²) in [7, 11) is 0. The SMILES string of the molecule is Cc1cc(F)ccc1CCN1CCC(CNC(C)C)C1. The highest BCUT2D eigenvalue weighted by Crippen LogP contribution is 2.17. The van der Waals surface area contributed by atoms with E-state index in [1.165, 1.54) is 25.1 Å². The van der Waals surface area contributed by atoms with Crippen LogP contribution in [0.25, 0.3) is 0 Å². The van der Waals surface area contributed by atoms with E-state index in [1.807, 2.05) is 13.0 Å². The standard InChI is InChI=1S/C17H27FN2/c1-13(2)19-11-15-6-8-20(12-15)9-7-16-4-5-17(18)10-14(16)3/h4-5,10,13,15,19H,6-9,11-12H2,1-3H3. The van der Waals surface area contributed by atoms with Gasteiger partial charge in [0.15, 0.2) is 0 Å². The largest absolute Gasteiger partial charge is 0.314 e. The predicted molar refractivity (Wildman–Crippen MR) is 82.5 cm³/mol. The van der Waals surface area contributed by atoms with E-state index in [2.05, 4.69) is 24.1 Å². The normalized spacial score (nSPS) is 19.9. The quantitative estimate of drug-likeness (QED) is 0.860. The van der Waals surface area contributed by atoms with Gasteiger partial charge < -0.3 is 10.2 Å². The van der Waals surface area contributed by atoms with E-state index in [0.717, 1.165) is 31.0 Å². The maximum Gasteiger partial charge on any atom is 0.123 e. The molecule has 1 aromatic carbocycles. The summed E-state index contributed by atoms with van der Waals surface area (Å²) in [6, 6.07) is 5.71. The highest BCUT2D eigenvalue weighted by Gasteiger charge is 2.21. The second kappa shape index (κ2) is 7.19. The summed E-state index contributed by atoms with van der Waals surface area (Å²) < 4.78 is 13.1. The molecule has 1 N–H and O–H groups in total. The molecule has 1 heterocycles. The second-order valence-electron chi connectivity index (χ2n) is 6.34. The van der Waals surface area contributed by atoms with Gasteiger partial charge in [-0.2, -0.15) is 0 Å². The smallest absolute Gasteiger partial charge is 0.123 e. The van der Waals surface area contributed by atoms with Gasteiger partial charge in [-0.15, -0.1) is 0 Å². The first kappa shape index (κ1) is 15.5. The molecule has 20 heavy (non-hydrogen) atoms. The highest BCUT2D eigenvalue weighted by molar-refractivity contribution is 5.26. The molecule has 2 nitrogen and oxygen atoms in total. The molecule has 112 valence electrons. The lowest BCUT2D eigenvalue weighted by Gasteiger charge is -2.17. The lowest BCUT2D eigenvalue weighted by atomic mass is 10.1. The van der Waals surface area contributed by atoms with Gasteiger partial charge >= 0.3 is 0 Å². The zero-order valence-corrected chi connectivity index (χ0v) is 13.0. The highest BCUT2D eigenvalue weighted by atomic mass is 19.1. The molecule has 1 atom stereocenters. The van der Waals surface area contributed by atoms with E-state index in [4.69, 9.17) is 0 Å². The van der Waals surface area contributed by atoms with Crippen molar-refractivity contribution >= 4 is 0 Å². The van der Waals surface area contributed by atoms with Crippen LogP contribution in [0, 0.1) is 18.7 Å². The van der Waals surface area contributed by atoms with E-state index in [1.54, 1.807) is 12.1 Å². The summed E-state index contributed by atoms with van der Waals surface area (Å²) in [6.45, 7) is 11.0. The van der Waals surface area contributed by atoms with Crippen LogP contribution in [0.2, 0.25) is 0 Å². The van der Waals surface area contributed by atoms with Crippen LogP contribution >= 0.6 is 0 Å². The van der Waals surface area contributed by atoms with Crippen molar-refractivity contribution in [2.45, 2.75) is 39.7 Å². The third-order valence-electron chi connectivity index (χ3n) is 4.19. The van der Waals surface area contributed by atoms with Gasteiger partial charge in [0.1, 0.15) is 5.82 Å². The van der Waals surface area contributed by atoms with E-state index in [9.17, 15) is 4.39 Å². The monoisotopic (exact) mass is 278 g/mol. The summed E-state index contributed by atoms with van der Waals surface area (Å²) in [5.41, 5.74) is 2.34. The van der Waals surface area contributed by atoms with E-state index >= 15 is 0 Å². The van der Waals surface area contributed by atoms with Crippen LogP contribution in [-0.2, 0) is 6.42 Å². The van der Waals surface area contributed by atoms with Gasteiger partial charge in [0.2, 0.25) is 0 Å². The lowest BCUT2D eigenvalue weighted by molar-refractivity contribution is 0.323. The Hall–Kier alpha value is -0.930. The van der Waals surface area contributed by atoms with E-state index in [0.29, 0.717) is 6.04 Å². The Morgan fingerprint density at radius 3 is 2.90 bits per heavy atom. The Balaban J connectivity index is 1.75. The zero-order chi connectivity index (χ0) is 14.5. The van der Waals surface area contributed by atoms with Crippen molar-refractivity contribution < 1.29 is 4.39 Å². The Bertz CT molecular complexity index is 431. The molecular formula is C17H27FN2. The van der Waals surface area contributed by atoms with Gasteiger partial charge in [-0.3, -0.25) is 0 Å². The molecule has 1 aliphatic heterocycles. The maximum absolute atomic E-state index is 13.1. The van der Waals surface area contributed by atoms with Crippen molar-refractivity contribution in [2.24, 2.45) is 5.92 Å². The van der Waals surface area contributed by atoms with Gasteiger partial charge in [-0.25, -0.2) is 4.39 Å². The third kappa shape index (κ3) is 4.57. The molecule has 0 aromatic heterocycles. The molecule has 0 bridgehead atoms. The van der Waals surface area contributed by atoms with Crippen LogP contribution in [0.3, 0.4) is 0 Å². The number of nitrogens with one attached hydrogen (secondary N) is 1. The molecule has 0 aliphatic carbocycles. The summed E-state index contributed by atoms with van der Waals surface area (Å²) in [5, 5.41) is 3.53. The fourth-order valence-corrected chi connectivity index (χ4v) is 2.90. The van der Waals surface area contributed by atoms with Crippen LogP contribution in [0.5, 0.6) is 0 Å². The number of halogens is 1. The van der Waals surface area contributed by atoms with Gasteiger partial charge in [-0.05, 0) is 62.0 Å². The molecule has 1 saturated heterocycles. The Labute approximate surface area is 122 Å². The van der Waals surface area contributed by atoms with Crippen LogP contribution in [0.15, 0.2) is 18.2 Å². The molecule has 0 spiro atoms. The molecule has 1 fully saturated rings. The number of likely N-dealkylation sites (tertiary alicyclic amines) is 1. The van der Waals surface area contributed by atoms with Crippen molar-refractivity contribution in [2.75, 3.05) is 26.2 Å². The Kier molecular flexibility index (Phi) is 5.55. The minimum absolute atomic E-state index is 0.132. The number of hydrogen-bond acceptors (Lipinski definition) is 2. The Morgan fingerprint density at radius 2 is 2.20 bits per heavy atom. The van der Waals surface area contributed by atoms with Crippen molar-refractivity contribution in [3.05, 3.63) is 35.1 Å². The molecule has 0 saturated carbocycles. The number of hydrogen-bond donors (Lipinski definition) is 1. The zero-order valence-electron chi connectivity index (χ0n) is 13.0. The summed E-state index contributed by atoms with van der Waals surface area (Å²) >= 11 is 0. The molecule has 2 rings (SSSR count). The lowest BCUT2D eigenvalue weighted by Crippen LogP contribution is -2.31. The first-order valence-corrected chi connectivity index (χ1v) is 7.75. The fourth-order valence-electron chi connectivity index (χ4n) is 2.90. The van der Waals surface area contributed by atoms with Gasteiger partial charge in [0, 0.05) is 19.1 Å². The minimum Gasteiger partial charge on any atom is -0.314 e. The number of nitrogens with zero attached hydrogens (tertiary/aromatic N) is 1. The van der Waals surface area contributed by atoms with Crippen molar-refractivity contribution in [3.63, 3.8) is 0 Å². The third-order valence-corrected chi connectivity index (χ3v) is 4.19. The molecule has 0 radical (unpaired) electrons. The summed E-state index contributed by atoms with van der Waals surface area (Å²) in [4.78, 5) is 2.54. The van der Waals surface area contributed by atoms with Gasteiger partial charge in [0.05, 0.1) is 0 Å². The first-order valence-electron chi connectivity index (χ1n) is 7.75. The molecule has 1 unspecified atom stereocenters. The average Bonchev–Trinajstić information content (AvgIpc) is 2.83. The van der Waals surface area contributed by atoms with Crippen LogP contribution in [0.1, 0.15) is 31.4 Å². The van der Waals surface area contributed by atoms with Crippen LogP contribution in [0.4, 0.5) is 4.39 Å². The van der Waals surface area contributed by atoms with E-state index < -0.39 is 0 Å². The molecular weight excluding hydrogens is 251 g/mol. The average molecular weight is 278 g/mol. The fraction of sp³-hybridized carbons (Fsp3) is 0.647. The second-order valence-corrected chi connectivity index (χ2v) is 6.34. The van der Waals surface area contributed by atoms with Gasteiger partial charge in [-0.1, -0.05) is 19.9 Å². The predicted octanol–water partition coefficient (Wildman–Crippen LogP) is 3.00. The molecule has 3 heteroatoms. The van der Waals surface area contributed by atoms with Crippen LogP contribution < -0.4 is 5.32 Å². The van der Waals surface area contributed by atoms with Crippen LogP contribution in [-0.4, -0.2) is 37.1 Å². The number of benzene rings is 1. The van der Waals surface area contributed by atoms with Gasteiger partial charge in [0.25, 0.3) is 0 Å². The number of rotatable bonds is 6. The molecule has 1 aromatic rings. The van der Waals surface area contributed by atoms with Crippen molar-refractivity contribution in [1.29, 1.82) is 0 Å². The molecule has 1 aliphatic rings. The van der Waals surface area contributed by atoms with Crippen molar-refractivity contribution in [1.82, 2.24) is 10.2 Å². The topological polar surface area (TPSA) is 15.3 Å². The molecule has 0 amide bonds. The van der Waals surface area contributed by atoms with E-state index in [-0.39, 0.29) is 5.82 Å². The number of aryl methyl sites for hydroxylation is 1. The first-order chi connectivity index (χ1) is 9.54. The maximum atomic E-state index is 13.1. The van der Waals surface area contributed by atoms with Crippen molar-refractivity contribution in [3.8, 4) is 0 Å².